The lowest BCUT2D eigenvalue weighted by molar-refractivity contribution is 0.100. The third-order valence-corrected chi connectivity index (χ3v) is 4.25. The highest BCUT2D eigenvalue weighted by molar-refractivity contribution is 6.08. The van der Waals surface area contributed by atoms with E-state index in [2.05, 4.69) is 6.92 Å². The summed E-state index contributed by atoms with van der Waals surface area (Å²) in [6.45, 7) is 2.82. The minimum Gasteiger partial charge on any atom is -0.366 e. The van der Waals surface area contributed by atoms with Crippen molar-refractivity contribution in [3.63, 3.8) is 0 Å². The Balaban J connectivity index is 2.33. The maximum absolute atomic E-state index is 12.8. The first-order valence-corrected chi connectivity index (χ1v) is 7.98. The number of rotatable bonds is 5. The molecule has 0 aliphatic heterocycles. The number of benzene rings is 2. The Bertz CT molecular complexity index is 941. The molecule has 3 rings (SSSR count). The van der Waals surface area contributed by atoms with Crippen LogP contribution in [0.2, 0.25) is 0 Å². The minimum absolute atomic E-state index is 0.0241. The number of aryl methyl sites for hydroxylation is 1. The third-order valence-electron chi connectivity index (χ3n) is 4.25. The molecule has 2 aromatic carbocycles. The van der Waals surface area contributed by atoms with Gasteiger partial charge in [-0.15, -0.1) is 0 Å². The summed E-state index contributed by atoms with van der Waals surface area (Å²) in [4.78, 5) is 24.3. The van der Waals surface area contributed by atoms with Crippen molar-refractivity contribution in [2.75, 3.05) is 0 Å². The Morgan fingerprint density at radius 1 is 1.04 bits per heavy atom. The zero-order valence-corrected chi connectivity index (χ0v) is 13.2. The van der Waals surface area contributed by atoms with E-state index in [1.165, 1.54) is 0 Å². The Morgan fingerprint density at radius 3 is 2.48 bits per heavy atom. The molecule has 1 amide bonds. The summed E-state index contributed by atoms with van der Waals surface area (Å²) in [5.41, 5.74) is 6.75. The predicted molar refractivity (Wildman–Crippen MR) is 93.8 cm³/mol. The number of pyridine rings is 1. The quantitative estimate of drug-likeness (QED) is 0.579. The first-order chi connectivity index (χ1) is 11.1. The van der Waals surface area contributed by atoms with E-state index < -0.39 is 5.91 Å². The molecule has 0 bridgehead atoms. The summed E-state index contributed by atoms with van der Waals surface area (Å²) in [5.74, 6) is -0.459. The second-order valence-corrected chi connectivity index (χ2v) is 5.81. The van der Waals surface area contributed by atoms with Crippen LogP contribution in [-0.4, -0.2) is 10.5 Å². The average Bonchev–Trinajstić information content (AvgIpc) is 2.57. The van der Waals surface area contributed by atoms with Gasteiger partial charge in [0.15, 0.2) is 0 Å². The summed E-state index contributed by atoms with van der Waals surface area (Å²) >= 11 is 0. The van der Waals surface area contributed by atoms with E-state index in [-0.39, 0.29) is 5.56 Å². The fourth-order valence-electron chi connectivity index (χ4n) is 3.04. The van der Waals surface area contributed by atoms with Crippen molar-refractivity contribution in [1.82, 2.24) is 4.57 Å². The van der Waals surface area contributed by atoms with Crippen LogP contribution in [-0.2, 0) is 6.54 Å². The van der Waals surface area contributed by atoms with E-state index in [9.17, 15) is 9.59 Å². The molecule has 0 radical (unpaired) electrons. The summed E-state index contributed by atoms with van der Waals surface area (Å²) in [7, 11) is 0. The highest BCUT2D eigenvalue weighted by atomic mass is 16.1. The van der Waals surface area contributed by atoms with E-state index in [0.29, 0.717) is 17.5 Å². The fourth-order valence-corrected chi connectivity index (χ4v) is 3.04. The molecule has 4 nitrogen and oxygen atoms in total. The van der Waals surface area contributed by atoms with Crippen LogP contribution in [0.15, 0.2) is 47.3 Å². The molecule has 0 fully saturated rings. The number of carbonyl (C=O) groups excluding carboxylic acids is 1. The van der Waals surface area contributed by atoms with Gasteiger partial charge in [0.25, 0.3) is 5.56 Å². The maximum atomic E-state index is 12.8. The average molecular weight is 308 g/mol. The van der Waals surface area contributed by atoms with E-state index in [4.69, 9.17) is 5.73 Å². The molecule has 0 atom stereocenters. The number of aromatic nitrogens is 1. The molecule has 1 aromatic heterocycles. The van der Waals surface area contributed by atoms with Crippen LogP contribution in [0.25, 0.3) is 21.7 Å². The number of nitrogens with two attached hydrogens (primary N) is 1. The van der Waals surface area contributed by atoms with Crippen molar-refractivity contribution >= 4 is 27.6 Å². The highest BCUT2D eigenvalue weighted by Gasteiger charge is 2.12. The number of hydrogen-bond donors (Lipinski definition) is 1. The number of hydrogen-bond acceptors (Lipinski definition) is 2. The number of unbranched alkanes of at least 4 members (excludes halogenated alkanes) is 2. The molecule has 4 heteroatoms. The molecule has 2 N–H and O–H groups in total. The number of carbonyl (C=O) groups is 1. The summed E-state index contributed by atoms with van der Waals surface area (Å²) in [6.07, 6.45) is 3.15. The van der Waals surface area contributed by atoms with Gasteiger partial charge in [-0.3, -0.25) is 9.59 Å². The van der Waals surface area contributed by atoms with Crippen LogP contribution >= 0.6 is 0 Å². The van der Waals surface area contributed by atoms with Gasteiger partial charge in [0.2, 0.25) is 5.91 Å². The minimum atomic E-state index is -0.459. The molecule has 0 aliphatic rings. The van der Waals surface area contributed by atoms with Gasteiger partial charge in [0, 0.05) is 22.9 Å². The van der Waals surface area contributed by atoms with Gasteiger partial charge in [-0.1, -0.05) is 38.0 Å². The Labute approximate surface area is 134 Å². The van der Waals surface area contributed by atoms with E-state index in [0.717, 1.165) is 35.6 Å². The van der Waals surface area contributed by atoms with Gasteiger partial charge in [-0.05, 0) is 36.1 Å². The van der Waals surface area contributed by atoms with Crippen LogP contribution < -0.4 is 11.3 Å². The number of primary amides is 1. The fraction of sp³-hybridized carbons (Fsp3) is 0.263. The monoisotopic (exact) mass is 308 g/mol. The smallest absolute Gasteiger partial charge is 0.258 e. The van der Waals surface area contributed by atoms with E-state index in [1.54, 1.807) is 12.1 Å². The molecule has 0 saturated carbocycles. The zero-order chi connectivity index (χ0) is 16.4. The van der Waals surface area contributed by atoms with Gasteiger partial charge < -0.3 is 10.3 Å². The predicted octanol–water partition coefficient (Wildman–Crippen LogP) is 3.44. The molecule has 3 aromatic rings. The Hall–Kier alpha value is -2.62. The molecule has 0 spiro atoms. The van der Waals surface area contributed by atoms with Gasteiger partial charge in [-0.25, -0.2) is 0 Å². The van der Waals surface area contributed by atoms with Gasteiger partial charge in [-0.2, -0.15) is 0 Å². The largest absolute Gasteiger partial charge is 0.366 e. The van der Waals surface area contributed by atoms with Gasteiger partial charge >= 0.3 is 0 Å². The maximum Gasteiger partial charge on any atom is 0.258 e. The molecule has 118 valence electrons. The van der Waals surface area contributed by atoms with Crippen LogP contribution in [0, 0.1) is 0 Å². The van der Waals surface area contributed by atoms with Crippen LogP contribution in [0.3, 0.4) is 0 Å². The topological polar surface area (TPSA) is 65.1 Å². The Morgan fingerprint density at radius 2 is 1.78 bits per heavy atom. The van der Waals surface area contributed by atoms with Gasteiger partial charge in [0.05, 0.1) is 5.52 Å². The lowest BCUT2D eigenvalue weighted by Gasteiger charge is -2.13. The lowest BCUT2D eigenvalue weighted by Crippen LogP contribution is -2.21. The molecular formula is C19H20N2O2. The molecule has 0 unspecified atom stereocenters. The molecular weight excluding hydrogens is 288 g/mol. The second kappa shape index (κ2) is 6.24. The van der Waals surface area contributed by atoms with Crippen molar-refractivity contribution in [2.45, 2.75) is 32.7 Å². The SMILES string of the molecule is CCCCCn1c(=O)c2ccccc2c2cc(C(N)=O)ccc21. The normalized spacial score (nSPS) is 11.2. The number of fused-ring (bicyclic) bond motifs is 3. The van der Waals surface area contributed by atoms with Crippen molar-refractivity contribution in [3.05, 3.63) is 58.4 Å². The number of nitrogens with zero attached hydrogens (tertiary/aromatic N) is 1. The second-order valence-electron chi connectivity index (χ2n) is 5.81. The zero-order valence-electron chi connectivity index (χ0n) is 13.2. The van der Waals surface area contributed by atoms with Crippen molar-refractivity contribution in [3.8, 4) is 0 Å². The molecule has 23 heavy (non-hydrogen) atoms. The third kappa shape index (κ3) is 2.72. The standard InChI is InChI=1S/C19H20N2O2/c1-2-3-6-11-21-17-10-9-13(18(20)22)12-16(17)14-7-4-5-8-15(14)19(21)23/h4-5,7-10,12H,2-3,6,11H2,1H3,(H2,20,22). The Kier molecular flexibility index (Phi) is 4.15. The summed E-state index contributed by atoms with van der Waals surface area (Å²) in [6, 6.07) is 12.8. The first kappa shape index (κ1) is 15.3. The van der Waals surface area contributed by atoms with E-state index in [1.807, 2.05) is 34.9 Å². The lowest BCUT2D eigenvalue weighted by atomic mass is 10.0. The molecule has 0 aliphatic carbocycles. The summed E-state index contributed by atoms with van der Waals surface area (Å²) < 4.78 is 1.82. The van der Waals surface area contributed by atoms with Crippen LogP contribution in [0.5, 0.6) is 0 Å². The van der Waals surface area contributed by atoms with E-state index >= 15 is 0 Å². The number of amides is 1. The molecule has 1 heterocycles. The molecule has 0 saturated heterocycles. The van der Waals surface area contributed by atoms with Gasteiger partial charge in [0.1, 0.15) is 0 Å². The van der Waals surface area contributed by atoms with Crippen LogP contribution in [0.1, 0.15) is 36.5 Å². The van der Waals surface area contributed by atoms with Crippen molar-refractivity contribution in [1.29, 1.82) is 0 Å². The van der Waals surface area contributed by atoms with Crippen molar-refractivity contribution < 1.29 is 4.79 Å². The first-order valence-electron chi connectivity index (χ1n) is 7.98. The highest BCUT2D eigenvalue weighted by Crippen LogP contribution is 2.24. The summed E-state index contributed by atoms with van der Waals surface area (Å²) in [5, 5.41) is 2.44. The van der Waals surface area contributed by atoms with Crippen molar-refractivity contribution in [2.24, 2.45) is 5.73 Å². The van der Waals surface area contributed by atoms with Crippen LogP contribution in [0.4, 0.5) is 0 Å².